The summed E-state index contributed by atoms with van der Waals surface area (Å²) in [6.07, 6.45) is 0.106. The van der Waals surface area contributed by atoms with E-state index in [0.29, 0.717) is 10.4 Å². The topological polar surface area (TPSA) is 75.3 Å². The van der Waals surface area contributed by atoms with Crippen LogP contribution in [0.5, 0.6) is 0 Å². The quantitative estimate of drug-likeness (QED) is 0.586. The fourth-order valence-corrected chi connectivity index (χ4v) is 3.25. The molecule has 0 radical (unpaired) electrons. The van der Waals surface area contributed by atoms with E-state index in [4.69, 9.17) is 0 Å². The summed E-state index contributed by atoms with van der Waals surface area (Å²) in [7, 11) is 0. The number of aryl methyl sites for hydroxylation is 2. The van der Waals surface area contributed by atoms with Crippen molar-refractivity contribution in [2.45, 2.75) is 26.7 Å². The molecule has 0 spiro atoms. The van der Waals surface area contributed by atoms with E-state index in [1.807, 2.05) is 26.0 Å². The molecule has 0 saturated heterocycles. The van der Waals surface area contributed by atoms with Gasteiger partial charge in [0, 0.05) is 18.4 Å². The molecular formula is C17H17BrN2O3S. The molecule has 126 valence electrons. The fraction of sp³-hybridized carbons (Fsp3) is 0.235. The smallest absolute Gasteiger partial charge is 0.279 e. The van der Waals surface area contributed by atoms with E-state index in [-0.39, 0.29) is 24.5 Å². The first-order chi connectivity index (χ1) is 11.4. The summed E-state index contributed by atoms with van der Waals surface area (Å²) < 4.78 is 0.831. The molecule has 0 aliphatic rings. The van der Waals surface area contributed by atoms with Crippen LogP contribution < -0.4 is 10.9 Å². The largest absolute Gasteiger partial charge is 0.294 e. The minimum atomic E-state index is -0.406. The lowest BCUT2D eigenvalue weighted by Gasteiger charge is -2.07. The minimum absolute atomic E-state index is 0.0141. The van der Waals surface area contributed by atoms with Crippen LogP contribution in [0.2, 0.25) is 0 Å². The maximum atomic E-state index is 12.1. The molecule has 0 bridgehead atoms. The van der Waals surface area contributed by atoms with Crippen molar-refractivity contribution in [3.8, 4) is 0 Å². The van der Waals surface area contributed by atoms with Crippen LogP contribution in [0.4, 0.5) is 0 Å². The zero-order valence-corrected chi connectivity index (χ0v) is 15.7. The van der Waals surface area contributed by atoms with Crippen LogP contribution in [0.1, 0.15) is 44.0 Å². The van der Waals surface area contributed by atoms with Crippen molar-refractivity contribution in [2.24, 2.45) is 0 Å². The van der Waals surface area contributed by atoms with Crippen LogP contribution >= 0.6 is 27.3 Å². The van der Waals surface area contributed by atoms with Gasteiger partial charge >= 0.3 is 0 Å². The number of carbonyl (C=O) groups is 3. The Morgan fingerprint density at radius 1 is 1.00 bits per heavy atom. The van der Waals surface area contributed by atoms with E-state index in [9.17, 15) is 14.4 Å². The Morgan fingerprint density at radius 3 is 2.38 bits per heavy atom. The molecule has 0 aliphatic carbocycles. The second kappa shape index (κ2) is 8.21. The summed E-state index contributed by atoms with van der Waals surface area (Å²) >= 11 is 4.53. The number of thiophene rings is 1. The number of ketones is 1. The Kier molecular flexibility index (Phi) is 6.28. The van der Waals surface area contributed by atoms with E-state index >= 15 is 0 Å². The molecule has 0 unspecified atom stereocenters. The lowest BCUT2D eigenvalue weighted by atomic mass is 10.0. The maximum absolute atomic E-state index is 12.1. The highest BCUT2D eigenvalue weighted by Crippen LogP contribution is 2.21. The summed E-state index contributed by atoms with van der Waals surface area (Å²) in [6, 6.07) is 8.89. The van der Waals surface area contributed by atoms with Gasteiger partial charge in [0.2, 0.25) is 5.91 Å². The number of hydrogen-bond donors (Lipinski definition) is 2. The van der Waals surface area contributed by atoms with Gasteiger partial charge in [0.15, 0.2) is 5.78 Å². The van der Waals surface area contributed by atoms with Crippen LogP contribution in [-0.2, 0) is 4.79 Å². The third kappa shape index (κ3) is 5.01. The Hall–Kier alpha value is -1.99. The number of amides is 2. The number of nitrogens with one attached hydrogen (secondary N) is 2. The molecule has 24 heavy (non-hydrogen) atoms. The molecule has 0 aliphatic heterocycles. The first kappa shape index (κ1) is 18.4. The maximum Gasteiger partial charge on any atom is 0.279 e. The normalized spacial score (nSPS) is 10.3. The van der Waals surface area contributed by atoms with E-state index in [1.165, 1.54) is 11.3 Å². The van der Waals surface area contributed by atoms with Gasteiger partial charge in [0.1, 0.15) is 0 Å². The van der Waals surface area contributed by atoms with E-state index in [2.05, 4.69) is 26.8 Å². The van der Waals surface area contributed by atoms with Gasteiger partial charge in [-0.3, -0.25) is 25.2 Å². The molecule has 2 N–H and O–H groups in total. The van der Waals surface area contributed by atoms with Crippen molar-refractivity contribution in [1.82, 2.24) is 10.9 Å². The molecule has 1 aromatic carbocycles. The number of halogens is 1. The number of carbonyl (C=O) groups excluding carboxylic acids is 3. The van der Waals surface area contributed by atoms with Crippen LogP contribution in [0, 0.1) is 13.8 Å². The molecule has 2 amide bonds. The molecule has 5 nitrogen and oxygen atoms in total. The van der Waals surface area contributed by atoms with Crippen molar-refractivity contribution in [3.63, 3.8) is 0 Å². The summed E-state index contributed by atoms with van der Waals surface area (Å²) in [5, 5.41) is 0. The van der Waals surface area contributed by atoms with E-state index in [0.717, 1.165) is 14.9 Å². The van der Waals surface area contributed by atoms with Crippen LogP contribution in [0.3, 0.4) is 0 Å². The third-order valence-corrected chi connectivity index (χ3v) is 5.14. The number of hydrazine groups is 1. The molecular weight excluding hydrogens is 392 g/mol. The Labute approximate surface area is 152 Å². The Bertz CT molecular complexity index is 786. The zero-order valence-electron chi connectivity index (χ0n) is 13.3. The first-order valence-electron chi connectivity index (χ1n) is 7.32. The van der Waals surface area contributed by atoms with Crippen LogP contribution in [-0.4, -0.2) is 17.6 Å². The summed E-state index contributed by atoms with van der Waals surface area (Å²) in [5.74, 6) is -0.891. The van der Waals surface area contributed by atoms with E-state index < -0.39 is 5.91 Å². The molecule has 0 atom stereocenters. The molecule has 1 aromatic heterocycles. The fourth-order valence-electron chi connectivity index (χ4n) is 1.97. The summed E-state index contributed by atoms with van der Waals surface area (Å²) in [4.78, 5) is 36.1. The van der Waals surface area contributed by atoms with Gasteiger partial charge in [-0.1, -0.05) is 12.1 Å². The number of benzene rings is 1. The highest BCUT2D eigenvalue weighted by atomic mass is 79.9. The van der Waals surface area contributed by atoms with Gasteiger partial charge in [-0.25, -0.2) is 0 Å². The molecule has 0 fully saturated rings. The van der Waals surface area contributed by atoms with Crippen molar-refractivity contribution in [1.29, 1.82) is 0 Å². The average molecular weight is 409 g/mol. The molecule has 2 rings (SSSR count). The number of Topliss-reactive ketones (excluding diaryl/α,β-unsaturated/α-hetero) is 1. The van der Waals surface area contributed by atoms with Gasteiger partial charge in [-0.2, -0.15) is 0 Å². The second-order valence-electron chi connectivity index (χ2n) is 5.33. The minimum Gasteiger partial charge on any atom is -0.294 e. The zero-order chi connectivity index (χ0) is 17.7. The number of hydrogen-bond acceptors (Lipinski definition) is 4. The van der Waals surface area contributed by atoms with Crippen molar-refractivity contribution in [3.05, 3.63) is 55.7 Å². The monoisotopic (exact) mass is 408 g/mol. The van der Waals surface area contributed by atoms with Gasteiger partial charge in [-0.15, -0.1) is 11.3 Å². The van der Waals surface area contributed by atoms with Crippen molar-refractivity contribution < 1.29 is 14.4 Å². The van der Waals surface area contributed by atoms with Gasteiger partial charge in [0.25, 0.3) is 5.91 Å². The molecule has 1 heterocycles. The van der Waals surface area contributed by atoms with Crippen LogP contribution in [0.25, 0.3) is 0 Å². The summed E-state index contributed by atoms with van der Waals surface area (Å²) in [6.45, 7) is 3.92. The Balaban J connectivity index is 1.79. The van der Waals surface area contributed by atoms with Gasteiger partial charge in [-0.05, 0) is 59.1 Å². The predicted octanol–water partition coefficient (Wildman–Crippen LogP) is 3.55. The lowest BCUT2D eigenvalue weighted by molar-refractivity contribution is -0.121. The Morgan fingerprint density at radius 2 is 1.75 bits per heavy atom. The highest BCUT2D eigenvalue weighted by Gasteiger charge is 2.12. The highest BCUT2D eigenvalue weighted by molar-refractivity contribution is 9.11. The summed E-state index contributed by atoms with van der Waals surface area (Å²) in [5.41, 5.74) is 7.40. The second-order valence-corrected chi connectivity index (χ2v) is 7.79. The van der Waals surface area contributed by atoms with Crippen LogP contribution in [0.15, 0.2) is 34.1 Å². The third-order valence-electron chi connectivity index (χ3n) is 3.52. The van der Waals surface area contributed by atoms with Crippen molar-refractivity contribution in [2.75, 3.05) is 0 Å². The number of rotatable bonds is 5. The van der Waals surface area contributed by atoms with Gasteiger partial charge in [0.05, 0.1) is 8.66 Å². The molecule has 0 saturated carbocycles. The van der Waals surface area contributed by atoms with E-state index in [1.54, 1.807) is 18.2 Å². The SMILES string of the molecule is Cc1ccc(C(=O)CCC(=O)NNC(=O)c2ccc(Br)s2)cc1C. The standard InChI is InChI=1S/C17H17BrN2O3S/c1-10-3-4-12(9-11(10)2)13(21)5-8-16(22)19-20-17(23)14-6-7-15(18)24-14/h3-4,6-7,9H,5,8H2,1-2H3,(H,19,22)(H,20,23). The van der Waals surface area contributed by atoms with Gasteiger partial charge < -0.3 is 0 Å². The first-order valence-corrected chi connectivity index (χ1v) is 8.92. The van der Waals surface area contributed by atoms with Crippen molar-refractivity contribution >= 4 is 44.9 Å². The predicted molar refractivity (Wildman–Crippen MR) is 97.1 cm³/mol. The average Bonchev–Trinajstić information content (AvgIpc) is 2.99. The molecule has 7 heteroatoms. The molecule has 2 aromatic rings. The lowest BCUT2D eigenvalue weighted by Crippen LogP contribution is -2.41.